The molecule has 1 aromatic carbocycles. The number of nitrogens with zero attached hydrogens (tertiary/aromatic N) is 3. The van der Waals surface area contributed by atoms with Crippen molar-refractivity contribution in [2.45, 2.75) is 55.5 Å². The van der Waals surface area contributed by atoms with Gasteiger partial charge in [0.15, 0.2) is 5.16 Å². The van der Waals surface area contributed by atoms with Crippen molar-refractivity contribution < 1.29 is 0 Å². The van der Waals surface area contributed by atoms with E-state index in [4.69, 9.17) is 23.2 Å². The Morgan fingerprint density at radius 3 is 2.67 bits per heavy atom. The Labute approximate surface area is 178 Å². The summed E-state index contributed by atoms with van der Waals surface area (Å²) in [5.74, 6) is 1.89. The van der Waals surface area contributed by atoms with Gasteiger partial charge >= 0.3 is 0 Å². The Hall–Kier alpha value is -1.01. The van der Waals surface area contributed by atoms with Crippen molar-refractivity contribution in [3.63, 3.8) is 0 Å². The van der Waals surface area contributed by atoms with E-state index in [9.17, 15) is 0 Å². The van der Waals surface area contributed by atoms with Gasteiger partial charge in [-0.2, -0.15) is 0 Å². The van der Waals surface area contributed by atoms with Gasteiger partial charge in [0.1, 0.15) is 5.82 Å². The minimum atomic E-state index is 0.514. The highest BCUT2D eigenvalue weighted by atomic mass is 35.5. The minimum absolute atomic E-state index is 0.514. The van der Waals surface area contributed by atoms with Crippen LogP contribution in [-0.2, 0) is 12.2 Å². The first kappa shape index (κ1) is 19.3. The van der Waals surface area contributed by atoms with Gasteiger partial charge in [-0.1, -0.05) is 66.4 Å². The number of thiophene rings is 1. The molecule has 0 amide bonds. The van der Waals surface area contributed by atoms with E-state index in [1.165, 1.54) is 37.0 Å². The van der Waals surface area contributed by atoms with Gasteiger partial charge in [-0.25, -0.2) is 0 Å². The summed E-state index contributed by atoms with van der Waals surface area (Å²) in [6.07, 6.45) is 7.21. The summed E-state index contributed by atoms with van der Waals surface area (Å²) in [6, 6.07) is 10.6. The maximum atomic E-state index is 6.16. The maximum absolute atomic E-state index is 6.16. The first-order valence-electron chi connectivity index (χ1n) is 9.23. The highest BCUT2D eigenvalue weighted by molar-refractivity contribution is 7.98. The topological polar surface area (TPSA) is 30.7 Å². The minimum Gasteiger partial charge on any atom is -0.303 e. The van der Waals surface area contributed by atoms with Crippen LogP contribution in [0, 0.1) is 0 Å². The van der Waals surface area contributed by atoms with E-state index in [-0.39, 0.29) is 0 Å². The zero-order chi connectivity index (χ0) is 18.6. The van der Waals surface area contributed by atoms with Gasteiger partial charge in [0.2, 0.25) is 0 Å². The Bertz CT molecular complexity index is 887. The highest BCUT2D eigenvalue weighted by Gasteiger charge is 2.23. The normalized spacial score (nSPS) is 15.3. The number of aromatic nitrogens is 3. The summed E-state index contributed by atoms with van der Waals surface area (Å²) in [6.45, 7) is 0. The van der Waals surface area contributed by atoms with E-state index < -0.39 is 0 Å². The van der Waals surface area contributed by atoms with Crippen LogP contribution in [0.15, 0.2) is 40.9 Å². The molecule has 1 aliphatic carbocycles. The van der Waals surface area contributed by atoms with Crippen LogP contribution in [0.5, 0.6) is 0 Å². The molecule has 0 bridgehead atoms. The third kappa shape index (κ3) is 4.70. The lowest BCUT2D eigenvalue weighted by Crippen LogP contribution is -2.16. The lowest BCUT2D eigenvalue weighted by molar-refractivity contribution is 0.330. The summed E-state index contributed by atoms with van der Waals surface area (Å²) in [5.41, 5.74) is 1.15. The average molecular weight is 438 g/mol. The molecule has 0 atom stereocenters. The third-order valence-corrected chi connectivity index (χ3v) is 7.57. The molecule has 0 saturated heterocycles. The van der Waals surface area contributed by atoms with Gasteiger partial charge < -0.3 is 4.57 Å². The molecular formula is C20H21Cl2N3S2. The number of thioether (sulfide) groups is 1. The molecule has 142 valence electrons. The van der Waals surface area contributed by atoms with Gasteiger partial charge in [-0.05, 0) is 42.0 Å². The second kappa shape index (κ2) is 8.99. The maximum Gasteiger partial charge on any atom is 0.191 e. The molecule has 3 nitrogen and oxygen atoms in total. The molecule has 0 spiro atoms. The molecule has 4 rings (SSSR count). The van der Waals surface area contributed by atoms with Crippen molar-refractivity contribution in [2.24, 2.45) is 0 Å². The molecule has 1 aliphatic rings. The van der Waals surface area contributed by atoms with Crippen LogP contribution < -0.4 is 0 Å². The van der Waals surface area contributed by atoms with Crippen LogP contribution >= 0.6 is 46.3 Å². The van der Waals surface area contributed by atoms with Crippen LogP contribution in [0.2, 0.25) is 10.0 Å². The second-order valence-corrected chi connectivity index (χ2v) is 9.64. The molecule has 0 unspecified atom stereocenters. The fraction of sp³-hybridized carbons (Fsp3) is 0.400. The number of benzene rings is 1. The van der Waals surface area contributed by atoms with Crippen LogP contribution in [-0.4, -0.2) is 14.8 Å². The van der Waals surface area contributed by atoms with Crippen molar-refractivity contribution >= 4 is 46.3 Å². The summed E-state index contributed by atoms with van der Waals surface area (Å²) in [4.78, 5) is 1.33. The number of hydrogen-bond donors (Lipinski definition) is 0. The van der Waals surface area contributed by atoms with Crippen molar-refractivity contribution in [1.29, 1.82) is 0 Å². The van der Waals surface area contributed by atoms with Crippen LogP contribution in [0.25, 0.3) is 0 Å². The number of halogens is 2. The Morgan fingerprint density at radius 2 is 1.93 bits per heavy atom. The second-order valence-electron chi connectivity index (χ2n) is 6.85. The molecule has 7 heteroatoms. The standard InChI is InChI=1S/C20H21Cl2N3S2/c21-17-9-8-14(11-18(17)22)13-27-20-24-23-19(12-16-7-4-10-26-16)25(20)15-5-2-1-3-6-15/h4,7-11,15H,1-3,5-6,12-13H2. The zero-order valence-electron chi connectivity index (χ0n) is 14.9. The number of rotatable bonds is 6. The van der Waals surface area contributed by atoms with E-state index in [2.05, 4.69) is 32.3 Å². The predicted molar refractivity (Wildman–Crippen MR) is 115 cm³/mol. The van der Waals surface area contributed by atoms with Crippen LogP contribution in [0.4, 0.5) is 0 Å². The van der Waals surface area contributed by atoms with Crippen molar-refractivity contribution in [3.8, 4) is 0 Å². The van der Waals surface area contributed by atoms with Gasteiger partial charge in [0.25, 0.3) is 0 Å². The van der Waals surface area contributed by atoms with Gasteiger partial charge in [-0.15, -0.1) is 21.5 Å². The van der Waals surface area contributed by atoms with Crippen molar-refractivity contribution in [2.75, 3.05) is 0 Å². The van der Waals surface area contributed by atoms with E-state index in [0.29, 0.717) is 16.1 Å². The van der Waals surface area contributed by atoms with Gasteiger partial charge in [-0.3, -0.25) is 0 Å². The van der Waals surface area contributed by atoms with Gasteiger partial charge in [0.05, 0.1) is 10.0 Å². The van der Waals surface area contributed by atoms with E-state index in [1.54, 1.807) is 23.1 Å². The fourth-order valence-corrected chi connectivity index (χ4v) is 5.57. The zero-order valence-corrected chi connectivity index (χ0v) is 18.1. The van der Waals surface area contributed by atoms with Crippen LogP contribution in [0.1, 0.15) is 54.4 Å². The first-order chi connectivity index (χ1) is 13.2. The molecule has 1 fully saturated rings. The fourth-order valence-electron chi connectivity index (χ4n) is 3.58. The largest absolute Gasteiger partial charge is 0.303 e. The van der Waals surface area contributed by atoms with E-state index >= 15 is 0 Å². The SMILES string of the molecule is Clc1ccc(CSc2nnc(Cc3cccs3)n2C2CCCCC2)cc1Cl. The molecule has 0 N–H and O–H groups in total. The summed E-state index contributed by atoms with van der Waals surface area (Å²) in [7, 11) is 0. The van der Waals surface area contributed by atoms with E-state index in [0.717, 1.165) is 28.7 Å². The molecule has 3 aromatic rings. The monoisotopic (exact) mass is 437 g/mol. The summed E-state index contributed by atoms with van der Waals surface area (Å²) >= 11 is 15.7. The Balaban J connectivity index is 1.56. The molecule has 0 radical (unpaired) electrons. The molecule has 2 heterocycles. The summed E-state index contributed by atoms with van der Waals surface area (Å²) in [5, 5.41) is 13.4. The molecule has 0 aliphatic heterocycles. The van der Waals surface area contributed by atoms with Crippen LogP contribution in [0.3, 0.4) is 0 Å². The molecule has 27 heavy (non-hydrogen) atoms. The molecule has 1 saturated carbocycles. The lowest BCUT2D eigenvalue weighted by atomic mass is 9.95. The molecular weight excluding hydrogens is 417 g/mol. The number of hydrogen-bond acceptors (Lipinski definition) is 4. The lowest BCUT2D eigenvalue weighted by Gasteiger charge is -2.25. The van der Waals surface area contributed by atoms with Crippen molar-refractivity contribution in [3.05, 3.63) is 62.0 Å². The van der Waals surface area contributed by atoms with Gasteiger partial charge in [0, 0.05) is 23.1 Å². The predicted octanol–water partition coefficient (Wildman–Crippen LogP) is 7.03. The third-order valence-electron chi connectivity index (χ3n) is 4.94. The quantitative estimate of drug-likeness (QED) is 0.387. The smallest absolute Gasteiger partial charge is 0.191 e. The first-order valence-corrected chi connectivity index (χ1v) is 11.9. The van der Waals surface area contributed by atoms with Crippen molar-refractivity contribution in [1.82, 2.24) is 14.8 Å². The Kier molecular flexibility index (Phi) is 6.43. The van der Waals surface area contributed by atoms with E-state index in [1.807, 2.05) is 18.2 Å². The average Bonchev–Trinajstić information content (AvgIpc) is 3.34. The Morgan fingerprint density at radius 1 is 1.07 bits per heavy atom. The molecule has 2 aromatic heterocycles. The highest BCUT2D eigenvalue weighted by Crippen LogP contribution is 2.35. The summed E-state index contributed by atoms with van der Waals surface area (Å²) < 4.78 is 2.40.